The van der Waals surface area contributed by atoms with Crippen LogP contribution >= 0.6 is 11.6 Å². The topological polar surface area (TPSA) is 58.8 Å². The number of rotatable bonds is 7. The van der Waals surface area contributed by atoms with E-state index in [1.54, 1.807) is 18.3 Å². The lowest BCUT2D eigenvalue weighted by atomic mass is 9.94. The first kappa shape index (κ1) is 20.2. The number of Topliss-reactive ketones (excluding diaryl/α,β-unsaturated/α-hetero) is 1. The number of benzene rings is 1. The van der Waals surface area contributed by atoms with E-state index in [1.165, 1.54) is 0 Å². The smallest absolute Gasteiger partial charge is 0.337 e. The van der Waals surface area contributed by atoms with Gasteiger partial charge < -0.3 is 9.51 Å². The second-order valence-corrected chi connectivity index (χ2v) is 7.72. The fraction of sp³-hybridized carbons (Fsp3) is 0.304. The van der Waals surface area contributed by atoms with Gasteiger partial charge in [0.25, 0.3) is 0 Å². The van der Waals surface area contributed by atoms with Gasteiger partial charge in [0.05, 0.1) is 11.1 Å². The van der Waals surface area contributed by atoms with E-state index in [9.17, 15) is 14.7 Å². The molecule has 3 aromatic rings. The lowest BCUT2D eigenvalue weighted by molar-refractivity contribution is 0.0696. The van der Waals surface area contributed by atoms with Crippen LogP contribution in [0.2, 0.25) is 5.02 Å². The molecule has 0 fully saturated rings. The first-order valence-electron chi connectivity index (χ1n) is 9.51. The summed E-state index contributed by atoms with van der Waals surface area (Å²) in [4.78, 5) is 24.6. The Morgan fingerprint density at radius 3 is 2.46 bits per heavy atom. The largest absolute Gasteiger partial charge is 0.478 e. The molecule has 0 radical (unpaired) electrons. The van der Waals surface area contributed by atoms with Crippen LogP contribution in [0.4, 0.5) is 0 Å². The molecule has 1 N–H and O–H groups in total. The zero-order valence-electron chi connectivity index (χ0n) is 16.3. The molecule has 0 saturated heterocycles. The van der Waals surface area contributed by atoms with Gasteiger partial charge in [0.1, 0.15) is 0 Å². The summed E-state index contributed by atoms with van der Waals surface area (Å²) in [6.45, 7) is 5.86. The van der Waals surface area contributed by atoms with Crippen LogP contribution < -0.4 is 0 Å². The maximum atomic E-state index is 13.0. The van der Waals surface area contributed by atoms with Gasteiger partial charge in [-0.3, -0.25) is 4.79 Å². The number of carbonyl (C=O) groups is 2. The number of aromatic carboxylic acids is 1. The highest BCUT2D eigenvalue weighted by molar-refractivity contribution is 6.31. The van der Waals surface area contributed by atoms with Crippen molar-refractivity contribution in [3.63, 3.8) is 0 Å². The number of pyridine rings is 1. The number of carbonyl (C=O) groups excluding carboxylic acids is 1. The summed E-state index contributed by atoms with van der Waals surface area (Å²) in [6, 6.07) is 10.9. The Kier molecular flexibility index (Phi) is 5.90. The molecule has 0 atom stereocenters. The van der Waals surface area contributed by atoms with E-state index in [2.05, 4.69) is 6.92 Å². The lowest BCUT2D eigenvalue weighted by Crippen LogP contribution is -2.10. The van der Waals surface area contributed by atoms with Crippen molar-refractivity contribution in [1.29, 1.82) is 0 Å². The number of fused-ring (bicyclic) bond motifs is 1. The standard InChI is InChI=1S/C23H24ClNO3/c1-4-7-17-20(12-15-8-5-6-9-18(15)24)25-13-16(23(27)28)10-11-19(25)21(17)22(26)14(2)3/h5-6,8-11,13-14H,4,7,12H2,1-3H3,(H,27,28). The third kappa shape index (κ3) is 3.69. The van der Waals surface area contributed by atoms with Crippen LogP contribution in [0.25, 0.3) is 5.52 Å². The summed E-state index contributed by atoms with van der Waals surface area (Å²) < 4.78 is 1.87. The predicted octanol–water partition coefficient (Wildman–Crippen LogP) is 5.67. The number of nitrogens with zero attached hydrogens (tertiary/aromatic N) is 1. The molecule has 0 aliphatic carbocycles. The highest BCUT2D eigenvalue weighted by Gasteiger charge is 2.25. The molecule has 0 spiro atoms. The molecule has 0 aliphatic heterocycles. The summed E-state index contributed by atoms with van der Waals surface area (Å²) >= 11 is 6.39. The molecule has 146 valence electrons. The van der Waals surface area contributed by atoms with Gasteiger partial charge in [-0.1, -0.05) is 57.0 Å². The Bertz CT molecular complexity index is 1050. The Morgan fingerprint density at radius 1 is 1.14 bits per heavy atom. The van der Waals surface area contributed by atoms with Crippen LogP contribution in [-0.2, 0) is 12.8 Å². The minimum absolute atomic E-state index is 0.0782. The number of carboxylic acids is 1. The molecule has 1 aromatic carbocycles. The third-order valence-corrected chi connectivity index (χ3v) is 5.35. The Hall–Kier alpha value is -2.59. The zero-order chi connectivity index (χ0) is 20.4. The van der Waals surface area contributed by atoms with Gasteiger partial charge in [-0.25, -0.2) is 4.79 Å². The van der Waals surface area contributed by atoms with Crippen molar-refractivity contribution < 1.29 is 14.7 Å². The maximum Gasteiger partial charge on any atom is 0.337 e. The molecule has 2 aromatic heterocycles. The molecule has 0 bridgehead atoms. The first-order chi connectivity index (χ1) is 13.3. The Balaban J connectivity index is 2.33. The zero-order valence-corrected chi connectivity index (χ0v) is 17.1. The molecular weight excluding hydrogens is 374 g/mol. The summed E-state index contributed by atoms with van der Waals surface area (Å²) in [7, 11) is 0. The molecule has 2 heterocycles. The lowest BCUT2D eigenvalue weighted by Gasteiger charge is -2.10. The van der Waals surface area contributed by atoms with Crippen molar-refractivity contribution in [3.8, 4) is 0 Å². The van der Waals surface area contributed by atoms with E-state index >= 15 is 0 Å². The van der Waals surface area contributed by atoms with Crippen molar-refractivity contribution in [2.75, 3.05) is 0 Å². The van der Waals surface area contributed by atoms with Gasteiger partial charge in [-0.15, -0.1) is 0 Å². The van der Waals surface area contributed by atoms with E-state index in [1.807, 2.05) is 42.5 Å². The summed E-state index contributed by atoms with van der Waals surface area (Å²) in [5.41, 5.74) is 4.52. The van der Waals surface area contributed by atoms with Gasteiger partial charge in [0, 0.05) is 34.8 Å². The van der Waals surface area contributed by atoms with Gasteiger partial charge in [0.15, 0.2) is 5.78 Å². The number of carboxylic acid groups (broad SMARTS) is 1. The van der Waals surface area contributed by atoms with Crippen molar-refractivity contribution in [1.82, 2.24) is 4.40 Å². The molecule has 5 heteroatoms. The predicted molar refractivity (Wildman–Crippen MR) is 112 cm³/mol. The van der Waals surface area contributed by atoms with Gasteiger partial charge in [-0.05, 0) is 35.7 Å². The third-order valence-electron chi connectivity index (χ3n) is 4.98. The SMILES string of the molecule is CCCc1c(C(=O)C(C)C)c2ccc(C(=O)O)cn2c1Cc1ccccc1Cl. The summed E-state index contributed by atoms with van der Waals surface area (Å²) in [5.74, 6) is -1.06. The maximum absolute atomic E-state index is 13.0. The van der Waals surface area contributed by atoms with Gasteiger partial charge >= 0.3 is 5.97 Å². The quantitative estimate of drug-likeness (QED) is 0.522. The van der Waals surface area contributed by atoms with Crippen LogP contribution in [0.5, 0.6) is 0 Å². The molecule has 4 nitrogen and oxygen atoms in total. The van der Waals surface area contributed by atoms with E-state index in [0.29, 0.717) is 17.0 Å². The fourth-order valence-corrected chi connectivity index (χ4v) is 3.80. The van der Waals surface area contributed by atoms with Crippen molar-refractivity contribution >= 4 is 28.9 Å². The number of aromatic nitrogens is 1. The number of hydrogen-bond donors (Lipinski definition) is 1. The minimum atomic E-state index is -0.993. The highest BCUT2D eigenvalue weighted by atomic mass is 35.5. The van der Waals surface area contributed by atoms with Crippen LogP contribution in [-0.4, -0.2) is 21.3 Å². The molecule has 0 saturated carbocycles. The number of hydrogen-bond acceptors (Lipinski definition) is 2. The summed E-state index contributed by atoms with van der Waals surface area (Å²) in [5, 5.41) is 10.1. The average molecular weight is 398 g/mol. The molecule has 28 heavy (non-hydrogen) atoms. The van der Waals surface area contributed by atoms with Crippen molar-refractivity contribution in [3.05, 3.63) is 75.6 Å². The number of halogens is 1. The molecule has 0 amide bonds. The van der Waals surface area contributed by atoms with E-state index < -0.39 is 5.97 Å². The van der Waals surface area contributed by atoms with Gasteiger partial charge in [0.2, 0.25) is 0 Å². The normalized spacial score (nSPS) is 11.3. The van der Waals surface area contributed by atoms with E-state index in [4.69, 9.17) is 11.6 Å². The first-order valence-corrected chi connectivity index (χ1v) is 9.89. The van der Waals surface area contributed by atoms with Crippen molar-refractivity contribution in [2.24, 2.45) is 5.92 Å². The Morgan fingerprint density at radius 2 is 1.86 bits per heavy atom. The van der Waals surface area contributed by atoms with Crippen molar-refractivity contribution in [2.45, 2.75) is 40.0 Å². The van der Waals surface area contributed by atoms with Crippen LogP contribution in [0.15, 0.2) is 42.6 Å². The van der Waals surface area contributed by atoms with E-state index in [0.717, 1.165) is 35.2 Å². The highest BCUT2D eigenvalue weighted by Crippen LogP contribution is 2.31. The fourth-order valence-electron chi connectivity index (χ4n) is 3.60. The van der Waals surface area contributed by atoms with Crippen LogP contribution in [0.3, 0.4) is 0 Å². The second-order valence-electron chi connectivity index (χ2n) is 7.32. The monoisotopic (exact) mass is 397 g/mol. The van der Waals surface area contributed by atoms with E-state index in [-0.39, 0.29) is 17.3 Å². The van der Waals surface area contributed by atoms with Gasteiger partial charge in [-0.2, -0.15) is 0 Å². The summed E-state index contributed by atoms with van der Waals surface area (Å²) in [6.07, 6.45) is 3.78. The molecule has 0 aliphatic rings. The Labute approximate surface area is 169 Å². The molecule has 3 rings (SSSR count). The minimum Gasteiger partial charge on any atom is -0.478 e. The molecule has 0 unspecified atom stereocenters. The number of ketones is 1. The second kappa shape index (κ2) is 8.19. The average Bonchev–Trinajstić information content (AvgIpc) is 2.95. The molecular formula is C23H24ClNO3. The van der Waals surface area contributed by atoms with Crippen LogP contribution in [0, 0.1) is 5.92 Å². The van der Waals surface area contributed by atoms with Crippen LogP contribution in [0.1, 0.15) is 64.7 Å².